The van der Waals surface area contributed by atoms with Crippen LogP contribution in [0.15, 0.2) is 41.4 Å². The van der Waals surface area contributed by atoms with Crippen LogP contribution in [0.25, 0.3) is 5.69 Å². The van der Waals surface area contributed by atoms with Crippen molar-refractivity contribution in [2.24, 2.45) is 4.99 Å². The van der Waals surface area contributed by atoms with E-state index in [9.17, 15) is 5.11 Å². The van der Waals surface area contributed by atoms with Crippen molar-refractivity contribution in [2.75, 3.05) is 46.3 Å². The Morgan fingerprint density at radius 2 is 1.93 bits per heavy atom. The van der Waals surface area contributed by atoms with E-state index in [2.05, 4.69) is 20.2 Å². The third kappa shape index (κ3) is 3.80. The van der Waals surface area contributed by atoms with Gasteiger partial charge >= 0.3 is 0 Å². The molecule has 1 aromatic carbocycles. The summed E-state index contributed by atoms with van der Waals surface area (Å²) >= 11 is 0. The van der Waals surface area contributed by atoms with E-state index in [4.69, 9.17) is 14.2 Å². The molecule has 0 saturated carbocycles. The largest absolute Gasteiger partial charge is 0.493 e. The Morgan fingerprint density at radius 1 is 1.17 bits per heavy atom. The smallest absolute Gasteiger partial charge is 0.203 e. The maximum Gasteiger partial charge on any atom is 0.203 e. The number of ether oxygens (including phenoxy) is 3. The van der Waals surface area contributed by atoms with Gasteiger partial charge in [0.1, 0.15) is 18.0 Å². The molecule has 2 aliphatic rings. The number of anilines is 1. The van der Waals surface area contributed by atoms with E-state index in [1.54, 1.807) is 27.7 Å². The first kappa shape index (κ1) is 20.1. The number of hydrogen-bond donors (Lipinski definition) is 2. The van der Waals surface area contributed by atoms with Crippen LogP contribution in [0.5, 0.6) is 17.2 Å². The summed E-state index contributed by atoms with van der Waals surface area (Å²) in [5, 5.41) is 12.8. The summed E-state index contributed by atoms with van der Waals surface area (Å²) in [6.45, 7) is 1.77. The molecule has 4 rings (SSSR count). The van der Waals surface area contributed by atoms with Gasteiger partial charge in [-0.15, -0.1) is 0 Å². The number of aliphatic imine (C=N–C) groups is 1. The van der Waals surface area contributed by atoms with E-state index < -0.39 is 0 Å². The number of nitrogens with zero attached hydrogens (tertiary/aromatic N) is 4. The SMILES string of the molecule is COc1cc(-n2cnc(NC3=NCC(N4CCC[C@@H]4CO)=C3)c2)cc(OC)c1OC. The van der Waals surface area contributed by atoms with Crippen LogP contribution in [0.4, 0.5) is 5.82 Å². The minimum Gasteiger partial charge on any atom is -0.493 e. The van der Waals surface area contributed by atoms with Crippen LogP contribution in [0.3, 0.4) is 0 Å². The Labute approximate surface area is 175 Å². The van der Waals surface area contributed by atoms with Crippen molar-refractivity contribution in [3.63, 3.8) is 0 Å². The van der Waals surface area contributed by atoms with Gasteiger partial charge in [-0.1, -0.05) is 0 Å². The third-order valence-corrected chi connectivity index (χ3v) is 5.46. The Hall–Kier alpha value is -3.20. The normalized spacial score (nSPS) is 18.3. The van der Waals surface area contributed by atoms with Crippen LogP contribution < -0.4 is 19.5 Å². The number of hydrogen-bond acceptors (Lipinski definition) is 8. The van der Waals surface area contributed by atoms with E-state index >= 15 is 0 Å². The molecule has 0 amide bonds. The molecule has 30 heavy (non-hydrogen) atoms. The van der Waals surface area contributed by atoms with Crippen molar-refractivity contribution in [1.82, 2.24) is 14.5 Å². The molecule has 9 heteroatoms. The number of amidine groups is 1. The second-order valence-electron chi connectivity index (χ2n) is 7.18. The molecule has 1 aromatic heterocycles. The fourth-order valence-electron chi connectivity index (χ4n) is 3.94. The van der Waals surface area contributed by atoms with Gasteiger partial charge in [0.05, 0.1) is 52.4 Å². The van der Waals surface area contributed by atoms with Gasteiger partial charge in [0.2, 0.25) is 5.75 Å². The lowest BCUT2D eigenvalue weighted by atomic mass is 10.2. The van der Waals surface area contributed by atoms with Crippen LogP contribution in [0, 0.1) is 0 Å². The van der Waals surface area contributed by atoms with Gasteiger partial charge in [0.15, 0.2) is 11.5 Å². The molecule has 1 fully saturated rings. The first-order chi connectivity index (χ1) is 14.7. The average Bonchev–Trinajstić information content (AvgIpc) is 3.53. The first-order valence-corrected chi connectivity index (χ1v) is 9.90. The van der Waals surface area contributed by atoms with Crippen molar-refractivity contribution in [1.29, 1.82) is 0 Å². The molecular weight excluding hydrogens is 386 g/mol. The number of methoxy groups -OCH3 is 3. The van der Waals surface area contributed by atoms with E-state index in [0.717, 1.165) is 36.6 Å². The average molecular weight is 413 g/mol. The number of aliphatic hydroxyl groups excluding tert-OH is 1. The minimum atomic E-state index is 0.180. The third-order valence-electron chi connectivity index (χ3n) is 5.46. The Morgan fingerprint density at radius 3 is 2.60 bits per heavy atom. The summed E-state index contributed by atoms with van der Waals surface area (Å²) in [5.41, 5.74) is 1.97. The molecule has 9 nitrogen and oxygen atoms in total. The van der Waals surface area contributed by atoms with Crippen LogP contribution in [-0.2, 0) is 0 Å². The highest BCUT2D eigenvalue weighted by atomic mass is 16.5. The zero-order valence-electron chi connectivity index (χ0n) is 17.5. The predicted octanol–water partition coefficient (Wildman–Crippen LogP) is 2.06. The van der Waals surface area contributed by atoms with Crippen LogP contribution in [-0.4, -0.2) is 72.5 Å². The predicted molar refractivity (Wildman–Crippen MR) is 114 cm³/mol. The quantitative estimate of drug-likeness (QED) is 0.718. The lowest BCUT2D eigenvalue weighted by molar-refractivity contribution is 0.186. The summed E-state index contributed by atoms with van der Waals surface area (Å²) in [6.07, 6.45) is 7.75. The second-order valence-corrected chi connectivity index (χ2v) is 7.18. The van der Waals surface area contributed by atoms with Gasteiger partial charge in [0.25, 0.3) is 0 Å². The number of rotatable bonds is 7. The van der Waals surface area contributed by atoms with Gasteiger partial charge in [0, 0.05) is 30.5 Å². The fraction of sp³-hybridized carbons (Fsp3) is 0.429. The molecule has 2 aliphatic heterocycles. The lowest BCUT2D eigenvalue weighted by Crippen LogP contribution is -2.32. The number of aromatic nitrogens is 2. The van der Waals surface area contributed by atoms with E-state index in [1.165, 1.54) is 0 Å². The maximum atomic E-state index is 9.56. The molecule has 1 saturated heterocycles. The van der Waals surface area contributed by atoms with Crippen molar-refractivity contribution in [3.8, 4) is 22.9 Å². The van der Waals surface area contributed by atoms with Gasteiger partial charge in [-0.25, -0.2) is 4.98 Å². The number of imidazole rings is 1. The number of benzene rings is 1. The van der Waals surface area contributed by atoms with Gasteiger partial charge in [-0.3, -0.25) is 4.99 Å². The zero-order valence-corrected chi connectivity index (χ0v) is 17.5. The molecule has 160 valence electrons. The summed E-state index contributed by atoms with van der Waals surface area (Å²) in [7, 11) is 4.76. The molecule has 0 spiro atoms. The molecule has 0 aliphatic carbocycles. The Bertz CT molecular complexity index is 943. The summed E-state index contributed by atoms with van der Waals surface area (Å²) in [5.74, 6) is 3.14. The highest BCUT2D eigenvalue weighted by Gasteiger charge is 2.27. The fourth-order valence-corrected chi connectivity index (χ4v) is 3.94. The molecular formula is C21H27N5O4. The van der Waals surface area contributed by atoms with Gasteiger partial charge in [-0.2, -0.15) is 0 Å². The highest BCUT2D eigenvalue weighted by Crippen LogP contribution is 2.39. The molecule has 2 N–H and O–H groups in total. The molecule has 3 heterocycles. The Kier molecular flexibility index (Phi) is 5.80. The number of nitrogens with one attached hydrogen (secondary N) is 1. The zero-order chi connectivity index (χ0) is 21.1. The molecule has 0 unspecified atom stereocenters. The van der Waals surface area contributed by atoms with E-state index in [0.29, 0.717) is 29.6 Å². The summed E-state index contributed by atoms with van der Waals surface area (Å²) in [4.78, 5) is 11.3. The van der Waals surface area contributed by atoms with Gasteiger partial charge in [-0.05, 0) is 12.8 Å². The Balaban J connectivity index is 1.50. The minimum absolute atomic E-state index is 0.180. The topological polar surface area (TPSA) is 93.4 Å². The van der Waals surface area contributed by atoms with Crippen LogP contribution >= 0.6 is 0 Å². The monoisotopic (exact) mass is 413 g/mol. The van der Waals surface area contributed by atoms with Gasteiger partial charge < -0.3 is 34.1 Å². The molecule has 2 aromatic rings. The van der Waals surface area contributed by atoms with Crippen molar-refractivity contribution in [3.05, 3.63) is 36.4 Å². The lowest BCUT2D eigenvalue weighted by Gasteiger charge is -2.25. The van der Waals surface area contributed by atoms with Crippen LogP contribution in [0.1, 0.15) is 12.8 Å². The number of aliphatic hydroxyl groups is 1. The van der Waals surface area contributed by atoms with Crippen molar-refractivity contribution < 1.29 is 19.3 Å². The molecule has 0 radical (unpaired) electrons. The summed E-state index contributed by atoms with van der Waals surface area (Å²) in [6, 6.07) is 3.92. The highest BCUT2D eigenvalue weighted by molar-refractivity contribution is 6.05. The van der Waals surface area contributed by atoms with Crippen molar-refractivity contribution in [2.45, 2.75) is 18.9 Å². The van der Waals surface area contributed by atoms with E-state index in [-0.39, 0.29) is 12.6 Å². The summed E-state index contributed by atoms with van der Waals surface area (Å²) < 4.78 is 18.1. The molecule has 0 bridgehead atoms. The first-order valence-electron chi connectivity index (χ1n) is 9.90. The van der Waals surface area contributed by atoms with Crippen molar-refractivity contribution >= 4 is 11.7 Å². The maximum absolute atomic E-state index is 9.56. The standard InChI is InChI=1S/C21H27N5O4/c1-28-17-7-15(8-18(29-2)21(17)30-3)25-11-20(23-13-25)24-19-9-16(10-22-19)26-6-4-5-14(26)12-27/h7-9,11,13-14,27H,4-6,10,12H2,1-3H3,(H,22,24)/t14-/m1/s1. The number of likely N-dealkylation sites (tertiary alicyclic amines) is 1. The van der Waals surface area contributed by atoms with Crippen LogP contribution in [0.2, 0.25) is 0 Å². The molecule has 1 atom stereocenters. The van der Waals surface area contributed by atoms with E-state index in [1.807, 2.05) is 29.0 Å². The second kappa shape index (κ2) is 8.66.